The number of ether oxygens (including phenoxy) is 1. The molecule has 0 aliphatic heterocycles. The van der Waals surface area contributed by atoms with Crippen molar-refractivity contribution in [2.75, 3.05) is 6.61 Å². The summed E-state index contributed by atoms with van der Waals surface area (Å²) >= 11 is 7.59. The number of benzene rings is 2. The maximum atomic E-state index is 12.8. The van der Waals surface area contributed by atoms with Crippen molar-refractivity contribution >= 4 is 39.6 Å². The molecule has 3 nitrogen and oxygen atoms in total. The van der Waals surface area contributed by atoms with Gasteiger partial charge < -0.3 is 9.30 Å². The highest BCUT2D eigenvalue weighted by Crippen LogP contribution is 2.26. The summed E-state index contributed by atoms with van der Waals surface area (Å²) < 4.78 is 7.86. The average Bonchev–Trinajstić information content (AvgIpc) is 3.31. The molecule has 0 aliphatic rings. The molecule has 0 saturated heterocycles. The van der Waals surface area contributed by atoms with Gasteiger partial charge in [-0.05, 0) is 29.6 Å². The Morgan fingerprint density at radius 1 is 1.04 bits per heavy atom. The number of rotatable bonds is 6. The minimum absolute atomic E-state index is 0.0574. The SMILES string of the molecule is O=C(c1cccs1)c1cn(CCOc2ccccc2Cl)c2ccccc12. The third-order valence-electron chi connectivity index (χ3n) is 4.20. The summed E-state index contributed by atoms with van der Waals surface area (Å²) in [5, 5.41) is 3.48. The zero-order chi connectivity index (χ0) is 17.9. The topological polar surface area (TPSA) is 31.2 Å². The van der Waals surface area contributed by atoms with Gasteiger partial charge in [-0.25, -0.2) is 0 Å². The molecule has 4 rings (SSSR count). The lowest BCUT2D eigenvalue weighted by molar-refractivity contribution is 0.104. The lowest BCUT2D eigenvalue weighted by Gasteiger charge is -2.09. The Morgan fingerprint density at radius 2 is 1.85 bits per heavy atom. The van der Waals surface area contributed by atoms with E-state index >= 15 is 0 Å². The molecule has 130 valence electrons. The Hall–Kier alpha value is -2.56. The summed E-state index contributed by atoms with van der Waals surface area (Å²) in [6, 6.07) is 19.1. The van der Waals surface area contributed by atoms with E-state index in [1.54, 1.807) is 6.07 Å². The van der Waals surface area contributed by atoms with Crippen LogP contribution in [-0.2, 0) is 6.54 Å². The van der Waals surface area contributed by atoms with E-state index in [-0.39, 0.29) is 5.78 Å². The molecule has 0 spiro atoms. The number of thiophene rings is 1. The van der Waals surface area contributed by atoms with Gasteiger partial charge in [-0.1, -0.05) is 48.0 Å². The van der Waals surface area contributed by atoms with E-state index < -0.39 is 0 Å². The molecule has 26 heavy (non-hydrogen) atoms. The highest BCUT2D eigenvalue weighted by Gasteiger charge is 2.17. The Morgan fingerprint density at radius 3 is 2.65 bits per heavy atom. The van der Waals surface area contributed by atoms with Gasteiger partial charge in [0.15, 0.2) is 0 Å². The average molecular weight is 382 g/mol. The fourth-order valence-electron chi connectivity index (χ4n) is 2.97. The van der Waals surface area contributed by atoms with Crippen molar-refractivity contribution in [3.63, 3.8) is 0 Å². The van der Waals surface area contributed by atoms with Crippen LogP contribution in [0.3, 0.4) is 0 Å². The first-order valence-corrected chi connectivity index (χ1v) is 9.53. The van der Waals surface area contributed by atoms with Crippen molar-refractivity contribution in [1.82, 2.24) is 4.57 Å². The first-order chi connectivity index (χ1) is 12.7. The number of ketones is 1. The predicted octanol–water partition coefficient (Wildman–Crippen LogP) is 5.67. The van der Waals surface area contributed by atoms with Gasteiger partial charge >= 0.3 is 0 Å². The molecule has 0 saturated carbocycles. The molecule has 0 N–H and O–H groups in total. The first-order valence-electron chi connectivity index (χ1n) is 8.27. The van der Waals surface area contributed by atoms with Gasteiger partial charge in [0.25, 0.3) is 0 Å². The Kier molecular flexibility index (Phi) is 4.78. The number of hydrogen-bond acceptors (Lipinski definition) is 3. The van der Waals surface area contributed by atoms with Gasteiger partial charge in [-0.15, -0.1) is 11.3 Å². The molecule has 2 aromatic heterocycles. The van der Waals surface area contributed by atoms with Gasteiger partial charge in [-0.2, -0.15) is 0 Å². The maximum absolute atomic E-state index is 12.8. The van der Waals surface area contributed by atoms with Gasteiger partial charge in [0.2, 0.25) is 5.78 Å². The second kappa shape index (κ2) is 7.36. The van der Waals surface area contributed by atoms with Crippen LogP contribution in [0.4, 0.5) is 0 Å². The van der Waals surface area contributed by atoms with Crippen LogP contribution in [-0.4, -0.2) is 17.0 Å². The third-order valence-corrected chi connectivity index (χ3v) is 5.39. The molecule has 0 fully saturated rings. The number of aromatic nitrogens is 1. The summed E-state index contributed by atoms with van der Waals surface area (Å²) in [4.78, 5) is 13.6. The fraction of sp³-hybridized carbons (Fsp3) is 0.0952. The molecule has 0 aliphatic carbocycles. The summed E-state index contributed by atoms with van der Waals surface area (Å²) in [5.41, 5.74) is 1.75. The predicted molar refractivity (Wildman–Crippen MR) is 107 cm³/mol. The lowest BCUT2D eigenvalue weighted by atomic mass is 10.1. The van der Waals surface area contributed by atoms with Crippen molar-refractivity contribution in [3.8, 4) is 5.75 Å². The van der Waals surface area contributed by atoms with Crippen LogP contribution in [0, 0.1) is 0 Å². The molecule has 5 heteroatoms. The highest BCUT2D eigenvalue weighted by molar-refractivity contribution is 7.12. The van der Waals surface area contributed by atoms with E-state index in [0.29, 0.717) is 23.9 Å². The number of halogens is 1. The number of para-hydroxylation sites is 2. The molecule has 0 amide bonds. The molecule has 0 unspecified atom stereocenters. The summed E-state index contributed by atoms with van der Waals surface area (Å²) in [7, 11) is 0. The standard InChI is InChI=1S/C21H16ClNO2S/c22-17-7-2-4-9-19(17)25-12-11-23-14-16(15-6-1-3-8-18(15)23)21(24)20-10-5-13-26-20/h1-10,13-14H,11-12H2. The molecule has 4 aromatic rings. The Labute approximate surface area is 160 Å². The maximum Gasteiger partial charge on any atom is 0.205 e. The van der Waals surface area contributed by atoms with E-state index in [2.05, 4.69) is 4.57 Å². The van der Waals surface area contributed by atoms with Crippen molar-refractivity contribution in [3.05, 3.63) is 87.7 Å². The number of carbonyl (C=O) groups is 1. The quantitative estimate of drug-likeness (QED) is 0.403. The third kappa shape index (κ3) is 3.26. The van der Waals surface area contributed by atoms with Crippen molar-refractivity contribution < 1.29 is 9.53 Å². The first kappa shape index (κ1) is 16.9. The summed E-state index contributed by atoms with van der Waals surface area (Å²) in [6.07, 6.45) is 1.92. The molecular formula is C21H16ClNO2S. The van der Waals surface area contributed by atoms with Gasteiger partial charge in [0, 0.05) is 22.7 Å². The zero-order valence-corrected chi connectivity index (χ0v) is 15.5. The molecular weight excluding hydrogens is 366 g/mol. The Bertz CT molecular complexity index is 1050. The van der Waals surface area contributed by atoms with E-state index in [9.17, 15) is 4.79 Å². The molecule has 0 atom stereocenters. The van der Waals surface area contributed by atoms with Crippen LogP contribution in [0.1, 0.15) is 15.2 Å². The van der Waals surface area contributed by atoms with Crippen LogP contribution >= 0.6 is 22.9 Å². The van der Waals surface area contributed by atoms with E-state index in [4.69, 9.17) is 16.3 Å². The van der Waals surface area contributed by atoms with E-state index in [0.717, 1.165) is 21.3 Å². The van der Waals surface area contributed by atoms with Crippen molar-refractivity contribution in [1.29, 1.82) is 0 Å². The second-order valence-electron chi connectivity index (χ2n) is 5.84. The second-order valence-corrected chi connectivity index (χ2v) is 7.19. The smallest absolute Gasteiger partial charge is 0.205 e. The largest absolute Gasteiger partial charge is 0.490 e. The van der Waals surface area contributed by atoms with Crippen LogP contribution < -0.4 is 4.74 Å². The zero-order valence-electron chi connectivity index (χ0n) is 13.9. The van der Waals surface area contributed by atoms with Crippen molar-refractivity contribution in [2.24, 2.45) is 0 Å². The molecule has 0 bridgehead atoms. The lowest BCUT2D eigenvalue weighted by Crippen LogP contribution is -2.07. The number of hydrogen-bond donors (Lipinski definition) is 0. The molecule has 0 radical (unpaired) electrons. The molecule has 2 aromatic carbocycles. The van der Waals surface area contributed by atoms with Gasteiger partial charge in [-0.3, -0.25) is 4.79 Å². The number of nitrogens with zero attached hydrogens (tertiary/aromatic N) is 1. The van der Waals surface area contributed by atoms with Gasteiger partial charge in [0.1, 0.15) is 12.4 Å². The normalized spacial score (nSPS) is 11.0. The minimum atomic E-state index is 0.0574. The van der Waals surface area contributed by atoms with Crippen LogP contribution in [0.5, 0.6) is 5.75 Å². The number of carbonyl (C=O) groups excluding carboxylic acids is 1. The highest BCUT2D eigenvalue weighted by atomic mass is 35.5. The Balaban J connectivity index is 1.60. The summed E-state index contributed by atoms with van der Waals surface area (Å²) in [6.45, 7) is 1.10. The van der Waals surface area contributed by atoms with E-state index in [1.165, 1.54) is 11.3 Å². The molecule has 2 heterocycles. The van der Waals surface area contributed by atoms with Crippen LogP contribution in [0.2, 0.25) is 5.02 Å². The van der Waals surface area contributed by atoms with Crippen LogP contribution in [0.25, 0.3) is 10.9 Å². The van der Waals surface area contributed by atoms with Gasteiger partial charge in [0.05, 0.1) is 16.4 Å². The fourth-order valence-corrected chi connectivity index (χ4v) is 3.84. The number of fused-ring (bicyclic) bond motifs is 1. The minimum Gasteiger partial charge on any atom is -0.490 e. The van der Waals surface area contributed by atoms with Crippen LogP contribution in [0.15, 0.2) is 72.2 Å². The summed E-state index contributed by atoms with van der Waals surface area (Å²) in [5.74, 6) is 0.725. The van der Waals surface area contributed by atoms with Crippen molar-refractivity contribution in [2.45, 2.75) is 6.54 Å². The van der Waals surface area contributed by atoms with E-state index in [1.807, 2.05) is 66.2 Å². The monoisotopic (exact) mass is 381 g/mol.